The van der Waals surface area contributed by atoms with E-state index in [0.717, 1.165) is 12.0 Å². The van der Waals surface area contributed by atoms with E-state index in [0.29, 0.717) is 18.9 Å². The maximum absolute atomic E-state index is 11.4. The molecule has 1 atom stereocenters. The highest BCUT2D eigenvalue weighted by Gasteiger charge is 2.04. The maximum Gasteiger partial charge on any atom is 0.224 e. The van der Waals surface area contributed by atoms with Gasteiger partial charge in [-0.2, -0.15) is 0 Å². The highest BCUT2D eigenvalue weighted by Crippen LogP contribution is 2.18. The molecule has 1 aromatic carbocycles. The Kier molecular flexibility index (Phi) is 5.03. The first-order chi connectivity index (χ1) is 7.67. The first-order valence-corrected chi connectivity index (χ1v) is 6.02. The van der Waals surface area contributed by atoms with Crippen LogP contribution < -0.4 is 5.32 Å². The minimum Gasteiger partial charge on any atom is -0.356 e. The van der Waals surface area contributed by atoms with Crippen molar-refractivity contribution in [3.8, 4) is 0 Å². The predicted octanol–water partition coefficient (Wildman–Crippen LogP) is 2.88. The Labute approximate surface area is 98.1 Å². The summed E-state index contributed by atoms with van der Waals surface area (Å²) >= 11 is 0. The Morgan fingerprint density at radius 3 is 2.38 bits per heavy atom. The van der Waals surface area contributed by atoms with Gasteiger partial charge in [0.05, 0.1) is 6.42 Å². The SMILES string of the molecule is CCNC(=O)Cc1ccc(C(C)CC)cc1. The van der Waals surface area contributed by atoms with E-state index in [1.807, 2.05) is 6.92 Å². The second kappa shape index (κ2) is 6.31. The lowest BCUT2D eigenvalue weighted by molar-refractivity contribution is -0.120. The zero-order chi connectivity index (χ0) is 12.0. The fourth-order valence-corrected chi connectivity index (χ4v) is 1.64. The van der Waals surface area contributed by atoms with Crippen molar-refractivity contribution in [1.82, 2.24) is 5.32 Å². The molecule has 1 rings (SSSR count). The molecule has 0 saturated carbocycles. The van der Waals surface area contributed by atoms with Crippen LogP contribution in [0.1, 0.15) is 44.2 Å². The van der Waals surface area contributed by atoms with Gasteiger partial charge >= 0.3 is 0 Å². The number of rotatable bonds is 5. The molecule has 2 nitrogen and oxygen atoms in total. The van der Waals surface area contributed by atoms with Gasteiger partial charge in [0.15, 0.2) is 0 Å². The Morgan fingerprint density at radius 1 is 1.25 bits per heavy atom. The number of nitrogens with one attached hydrogen (secondary N) is 1. The lowest BCUT2D eigenvalue weighted by atomic mass is 9.97. The largest absolute Gasteiger partial charge is 0.356 e. The average molecular weight is 219 g/mol. The van der Waals surface area contributed by atoms with Crippen molar-refractivity contribution in [1.29, 1.82) is 0 Å². The van der Waals surface area contributed by atoms with Crippen LogP contribution >= 0.6 is 0 Å². The van der Waals surface area contributed by atoms with Crippen LogP contribution in [0.15, 0.2) is 24.3 Å². The third-order valence-corrected chi connectivity index (χ3v) is 2.90. The summed E-state index contributed by atoms with van der Waals surface area (Å²) in [6.45, 7) is 7.04. The van der Waals surface area contributed by atoms with E-state index in [1.165, 1.54) is 5.56 Å². The topological polar surface area (TPSA) is 29.1 Å². The second-order valence-electron chi connectivity index (χ2n) is 4.18. The van der Waals surface area contributed by atoms with Crippen molar-refractivity contribution in [2.45, 2.75) is 39.5 Å². The standard InChI is InChI=1S/C14H21NO/c1-4-11(3)13-8-6-12(7-9-13)10-14(16)15-5-2/h6-9,11H,4-5,10H2,1-3H3,(H,15,16). The minimum atomic E-state index is 0.0961. The molecule has 1 N–H and O–H groups in total. The van der Waals surface area contributed by atoms with Gasteiger partial charge in [0, 0.05) is 6.54 Å². The Bertz CT molecular complexity index is 329. The van der Waals surface area contributed by atoms with Gasteiger partial charge < -0.3 is 5.32 Å². The van der Waals surface area contributed by atoms with Crippen molar-refractivity contribution in [3.05, 3.63) is 35.4 Å². The summed E-state index contributed by atoms with van der Waals surface area (Å²) in [6, 6.07) is 8.36. The average Bonchev–Trinajstić information content (AvgIpc) is 2.29. The molecule has 0 bridgehead atoms. The predicted molar refractivity (Wildman–Crippen MR) is 67.5 cm³/mol. The number of hydrogen-bond donors (Lipinski definition) is 1. The molecule has 1 aromatic rings. The molecule has 2 heteroatoms. The molecular weight excluding hydrogens is 198 g/mol. The van der Waals surface area contributed by atoms with Crippen LogP contribution in [-0.4, -0.2) is 12.5 Å². The third-order valence-electron chi connectivity index (χ3n) is 2.90. The van der Waals surface area contributed by atoms with Crippen molar-refractivity contribution in [3.63, 3.8) is 0 Å². The number of amides is 1. The molecule has 0 spiro atoms. The van der Waals surface area contributed by atoms with E-state index in [1.54, 1.807) is 0 Å². The van der Waals surface area contributed by atoms with E-state index in [9.17, 15) is 4.79 Å². The summed E-state index contributed by atoms with van der Waals surface area (Å²) in [5, 5.41) is 2.80. The zero-order valence-electron chi connectivity index (χ0n) is 10.4. The molecule has 88 valence electrons. The summed E-state index contributed by atoms with van der Waals surface area (Å²) in [6.07, 6.45) is 1.63. The number of carbonyl (C=O) groups is 1. The van der Waals surface area contributed by atoms with Crippen LogP contribution in [0.3, 0.4) is 0 Å². The van der Waals surface area contributed by atoms with Gasteiger partial charge in [-0.1, -0.05) is 38.1 Å². The quantitative estimate of drug-likeness (QED) is 0.810. The van der Waals surface area contributed by atoms with Crippen molar-refractivity contribution in [2.75, 3.05) is 6.54 Å². The molecule has 0 aliphatic rings. The smallest absolute Gasteiger partial charge is 0.224 e. The number of likely N-dealkylation sites (N-methyl/N-ethyl adjacent to an activating group) is 1. The van der Waals surface area contributed by atoms with E-state index >= 15 is 0 Å². The molecule has 1 amide bonds. The summed E-state index contributed by atoms with van der Waals surface area (Å²) in [5.41, 5.74) is 2.43. The number of benzene rings is 1. The van der Waals surface area contributed by atoms with Crippen LogP contribution in [-0.2, 0) is 11.2 Å². The van der Waals surface area contributed by atoms with E-state index < -0.39 is 0 Å². The van der Waals surface area contributed by atoms with Gasteiger partial charge in [0.25, 0.3) is 0 Å². The monoisotopic (exact) mass is 219 g/mol. The Balaban J connectivity index is 2.61. The van der Waals surface area contributed by atoms with Gasteiger partial charge in [-0.25, -0.2) is 0 Å². The number of hydrogen-bond acceptors (Lipinski definition) is 1. The highest BCUT2D eigenvalue weighted by molar-refractivity contribution is 5.78. The van der Waals surface area contributed by atoms with Crippen LogP contribution in [0, 0.1) is 0 Å². The van der Waals surface area contributed by atoms with Crippen LogP contribution in [0.5, 0.6) is 0 Å². The Hall–Kier alpha value is -1.31. The normalized spacial score (nSPS) is 12.2. The van der Waals surface area contributed by atoms with Gasteiger partial charge in [0.1, 0.15) is 0 Å². The molecule has 16 heavy (non-hydrogen) atoms. The number of carbonyl (C=O) groups excluding carboxylic acids is 1. The molecular formula is C14H21NO. The van der Waals surface area contributed by atoms with Crippen LogP contribution in [0.4, 0.5) is 0 Å². The van der Waals surface area contributed by atoms with Gasteiger partial charge in [0.2, 0.25) is 5.91 Å². The first-order valence-electron chi connectivity index (χ1n) is 6.02. The summed E-state index contributed by atoms with van der Waals surface area (Å²) in [4.78, 5) is 11.4. The third kappa shape index (κ3) is 3.69. The first kappa shape index (κ1) is 12.8. The van der Waals surface area contributed by atoms with E-state index in [-0.39, 0.29) is 5.91 Å². The van der Waals surface area contributed by atoms with Crippen molar-refractivity contribution >= 4 is 5.91 Å². The molecule has 0 heterocycles. The van der Waals surface area contributed by atoms with E-state index in [4.69, 9.17) is 0 Å². The van der Waals surface area contributed by atoms with Crippen molar-refractivity contribution in [2.24, 2.45) is 0 Å². The fourth-order valence-electron chi connectivity index (χ4n) is 1.64. The van der Waals surface area contributed by atoms with Crippen LogP contribution in [0.2, 0.25) is 0 Å². The molecule has 0 aliphatic heterocycles. The fraction of sp³-hybridized carbons (Fsp3) is 0.500. The van der Waals surface area contributed by atoms with Crippen LogP contribution in [0.25, 0.3) is 0 Å². The lowest BCUT2D eigenvalue weighted by Crippen LogP contribution is -2.24. The van der Waals surface area contributed by atoms with Crippen molar-refractivity contribution < 1.29 is 4.79 Å². The minimum absolute atomic E-state index is 0.0961. The Morgan fingerprint density at radius 2 is 1.88 bits per heavy atom. The summed E-state index contributed by atoms with van der Waals surface area (Å²) in [5.74, 6) is 0.692. The summed E-state index contributed by atoms with van der Waals surface area (Å²) in [7, 11) is 0. The molecule has 0 radical (unpaired) electrons. The highest BCUT2D eigenvalue weighted by atomic mass is 16.1. The molecule has 0 aromatic heterocycles. The summed E-state index contributed by atoms with van der Waals surface area (Å²) < 4.78 is 0. The van der Waals surface area contributed by atoms with Gasteiger partial charge in [-0.05, 0) is 30.4 Å². The van der Waals surface area contributed by atoms with Gasteiger partial charge in [-0.3, -0.25) is 4.79 Å². The molecule has 0 saturated heterocycles. The lowest BCUT2D eigenvalue weighted by Gasteiger charge is -2.09. The molecule has 1 unspecified atom stereocenters. The second-order valence-corrected chi connectivity index (χ2v) is 4.18. The molecule has 0 aliphatic carbocycles. The molecule has 0 fully saturated rings. The van der Waals surface area contributed by atoms with Gasteiger partial charge in [-0.15, -0.1) is 0 Å². The zero-order valence-corrected chi connectivity index (χ0v) is 10.4. The van der Waals surface area contributed by atoms with E-state index in [2.05, 4.69) is 43.4 Å². The maximum atomic E-state index is 11.4.